The van der Waals surface area contributed by atoms with Crippen LogP contribution in [0.15, 0.2) is 163 Å². The first-order valence-corrected chi connectivity index (χ1v) is 20.4. The van der Waals surface area contributed by atoms with E-state index < -0.39 is 26.3 Å². The summed E-state index contributed by atoms with van der Waals surface area (Å²) in [7, 11) is 0. The lowest BCUT2D eigenvalue weighted by molar-refractivity contribution is -0.325. The predicted molar refractivity (Wildman–Crippen MR) is 238 cm³/mol. The van der Waals surface area contributed by atoms with Crippen molar-refractivity contribution in [3.8, 4) is 11.1 Å². The number of hydrogen-bond donors (Lipinski definition) is 4. The van der Waals surface area contributed by atoms with Gasteiger partial charge in [-0.1, -0.05) is 231 Å². The molecule has 57 heavy (non-hydrogen) atoms. The third-order valence-corrected chi connectivity index (χ3v) is 11.3. The van der Waals surface area contributed by atoms with E-state index in [-0.39, 0.29) is 17.2 Å². The Morgan fingerprint density at radius 1 is 0.649 bits per heavy atom. The van der Waals surface area contributed by atoms with Crippen LogP contribution < -0.4 is 42.7 Å². The van der Waals surface area contributed by atoms with Gasteiger partial charge < -0.3 is 30.2 Å². The van der Waals surface area contributed by atoms with E-state index in [1.807, 2.05) is 127 Å². The van der Waals surface area contributed by atoms with E-state index in [1.165, 1.54) is 6.92 Å². The van der Waals surface area contributed by atoms with E-state index in [0.717, 1.165) is 38.5 Å². The number of benzene rings is 5. The molecule has 5 aromatic carbocycles. The Morgan fingerprint density at radius 2 is 1.16 bits per heavy atom. The standard InChI is InChI=1S/C42H36B2Cl6N4O3/c1-28(55)38-39(42(48,49)50)54-44(57-40(38)51,34-20-9-4-10-21-34)35-22-12-15-31(26-35)30-14-11-13-29(25-30)23-24-52-37-27-36(41(45,46)47)53-43(56-37,32-16-5-2-6-17-32)33-18-7-3-8-19-33/h2-22,25-27,52-54H,23-24,51H2,1H3. The first-order chi connectivity index (χ1) is 27.2. The number of nitrogens with one attached hydrogen (secondary N) is 3. The fourth-order valence-electron chi connectivity index (χ4n) is 7.52. The molecule has 0 radical (unpaired) electrons. The molecule has 0 spiro atoms. The van der Waals surface area contributed by atoms with E-state index in [0.29, 0.717) is 24.6 Å². The first-order valence-electron chi connectivity index (χ1n) is 18.1. The third-order valence-electron chi connectivity index (χ3n) is 10.2. The van der Waals surface area contributed by atoms with Gasteiger partial charge in [-0.3, -0.25) is 4.79 Å². The Bertz CT molecular complexity index is 2380. The normalized spacial score (nSPS) is 18.1. The van der Waals surface area contributed by atoms with Gasteiger partial charge in [-0.25, -0.2) is 0 Å². The number of ketones is 1. The lowest BCUT2D eigenvalue weighted by atomic mass is 9.41. The Balaban J connectivity index is 1.18. The van der Waals surface area contributed by atoms with Crippen molar-refractivity contribution < 1.29 is 23.9 Å². The fraction of sp³-hybridized carbons (Fsp3) is 0.119. The average molecular weight is 879 g/mol. The predicted octanol–water partition coefficient (Wildman–Crippen LogP) is 3.74. The van der Waals surface area contributed by atoms with Crippen LogP contribution in [0.3, 0.4) is 0 Å². The molecule has 0 bridgehead atoms. The fourth-order valence-corrected chi connectivity index (χ4v) is 8.30. The monoisotopic (exact) mass is 876 g/mol. The molecule has 7 nitrogen and oxygen atoms in total. The first kappa shape index (κ1) is 40.8. The average Bonchev–Trinajstić information content (AvgIpc) is 3.20. The summed E-state index contributed by atoms with van der Waals surface area (Å²) in [6.45, 7) is -2.59. The molecule has 0 aliphatic carbocycles. The summed E-state index contributed by atoms with van der Waals surface area (Å²) in [5.41, 5.74) is 13.1. The zero-order valence-electron chi connectivity index (χ0n) is 30.5. The quantitative estimate of drug-likeness (QED) is 0.127. The molecule has 0 saturated carbocycles. The molecule has 5 N–H and O–H groups in total. The van der Waals surface area contributed by atoms with Gasteiger partial charge in [0.15, 0.2) is 23.1 Å². The summed E-state index contributed by atoms with van der Waals surface area (Å²) in [5.74, 6) is -0.0747. The molecule has 0 amide bonds. The summed E-state index contributed by atoms with van der Waals surface area (Å²) in [5, 5.41) is 3.45. The van der Waals surface area contributed by atoms with Crippen molar-refractivity contribution in [1.29, 1.82) is 0 Å². The maximum absolute atomic E-state index is 12.7. The van der Waals surface area contributed by atoms with Crippen LogP contribution in [0.4, 0.5) is 0 Å². The summed E-state index contributed by atoms with van der Waals surface area (Å²) in [4.78, 5) is 19.5. The van der Waals surface area contributed by atoms with Gasteiger partial charge in [0.2, 0.25) is 0 Å². The lowest BCUT2D eigenvalue weighted by Crippen LogP contribution is -3.03. The number of alkyl halides is 6. The number of halogens is 6. The minimum atomic E-state index is -2.37. The zero-order chi connectivity index (χ0) is 40.4. The van der Waals surface area contributed by atoms with Crippen LogP contribution in [-0.2, 0) is 20.5 Å². The highest BCUT2D eigenvalue weighted by Gasteiger charge is 2.51. The number of rotatable bonds is 10. The van der Waals surface area contributed by atoms with Gasteiger partial charge in [0.1, 0.15) is 11.5 Å². The topological polar surface area (TPSA) is 102 Å². The van der Waals surface area contributed by atoms with Crippen molar-refractivity contribution in [2.45, 2.75) is 20.9 Å². The van der Waals surface area contributed by atoms with Crippen molar-refractivity contribution in [2.75, 3.05) is 6.54 Å². The van der Waals surface area contributed by atoms with Crippen LogP contribution in [0.25, 0.3) is 11.1 Å². The minimum absolute atomic E-state index is 0.0140. The summed E-state index contributed by atoms with van der Waals surface area (Å²) < 4.78 is 9.57. The Kier molecular flexibility index (Phi) is 11.8. The third kappa shape index (κ3) is 8.61. The molecular formula is C42H36B2Cl6N4O3. The lowest BCUT2D eigenvalue weighted by Gasteiger charge is -2.38. The SMILES string of the molecule is CC(=O)C1=C(N)O[B-](c2ccccc2)(c2cccc(-c3cccc(CCNC4=CC(C(Cl)(Cl)Cl)=[NH+][B-](c5ccccc5)(c5ccccc5)O4)c3)c2)[NH+]=C1C(Cl)(Cl)Cl. The molecule has 0 aromatic heterocycles. The highest BCUT2D eigenvalue weighted by molar-refractivity contribution is 6.92. The van der Waals surface area contributed by atoms with E-state index in [9.17, 15) is 4.79 Å². The molecule has 1 unspecified atom stereocenters. The highest BCUT2D eigenvalue weighted by atomic mass is 35.6. The van der Waals surface area contributed by atoms with E-state index in [4.69, 9.17) is 84.6 Å². The van der Waals surface area contributed by atoms with E-state index >= 15 is 0 Å². The van der Waals surface area contributed by atoms with Gasteiger partial charge in [0.05, 0.1) is 6.08 Å². The van der Waals surface area contributed by atoms with Gasteiger partial charge >= 0.3 is 13.0 Å². The van der Waals surface area contributed by atoms with Crippen LogP contribution in [0.2, 0.25) is 0 Å². The maximum atomic E-state index is 12.7. The molecule has 2 aliphatic heterocycles. The number of carbonyl (C=O) groups is 1. The van der Waals surface area contributed by atoms with Crippen LogP contribution in [0, 0.1) is 0 Å². The second kappa shape index (κ2) is 16.5. The highest BCUT2D eigenvalue weighted by Crippen LogP contribution is 2.32. The molecule has 7 rings (SSSR count). The maximum Gasteiger partial charge on any atom is 0.507 e. The smallest absolute Gasteiger partial charge is 0.507 e. The van der Waals surface area contributed by atoms with Crippen molar-refractivity contribution in [1.82, 2.24) is 5.32 Å². The number of hydrogen-bond acceptors (Lipinski definition) is 5. The second-order valence-electron chi connectivity index (χ2n) is 13.9. The molecule has 290 valence electrons. The van der Waals surface area contributed by atoms with Crippen LogP contribution in [-0.4, -0.2) is 44.3 Å². The molecule has 2 heterocycles. The van der Waals surface area contributed by atoms with Crippen molar-refractivity contribution >= 4 is 122 Å². The van der Waals surface area contributed by atoms with Gasteiger partial charge in [-0.2, -0.15) is 0 Å². The Labute approximate surface area is 361 Å². The second-order valence-corrected chi connectivity index (χ2v) is 18.5. The van der Waals surface area contributed by atoms with Crippen molar-refractivity contribution in [3.63, 3.8) is 0 Å². The van der Waals surface area contributed by atoms with Crippen LogP contribution >= 0.6 is 69.6 Å². The van der Waals surface area contributed by atoms with Crippen molar-refractivity contribution in [3.05, 3.63) is 169 Å². The van der Waals surface area contributed by atoms with E-state index in [1.54, 1.807) is 6.08 Å². The van der Waals surface area contributed by atoms with Crippen LogP contribution in [0.5, 0.6) is 0 Å². The molecule has 15 heteroatoms. The van der Waals surface area contributed by atoms with Gasteiger partial charge in [0, 0.05) is 6.54 Å². The molecule has 0 fully saturated rings. The van der Waals surface area contributed by atoms with Gasteiger partial charge in [-0.15, -0.1) is 0 Å². The Morgan fingerprint density at radius 3 is 1.68 bits per heavy atom. The zero-order valence-corrected chi connectivity index (χ0v) is 35.0. The number of carbonyl (C=O) groups excluding carboxylic acids is 1. The molecule has 1 atom stereocenters. The summed E-state index contributed by atoms with van der Waals surface area (Å²) in [6, 6.07) is 45.2. The molecular weight excluding hydrogens is 843 g/mol. The Hall–Kier alpha value is -4.34. The minimum Gasteiger partial charge on any atom is -0.639 e. The van der Waals surface area contributed by atoms with Crippen molar-refractivity contribution in [2.24, 2.45) is 5.73 Å². The van der Waals surface area contributed by atoms with Crippen LogP contribution in [0.1, 0.15) is 12.5 Å². The number of Topliss-reactive ketones (excluding diaryl/α,β-unsaturated/α-hetero) is 1. The summed E-state index contributed by atoms with van der Waals surface area (Å²) >= 11 is 38.9. The van der Waals surface area contributed by atoms with E-state index in [2.05, 4.69) is 27.3 Å². The number of nitrogens with two attached hydrogens (primary N) is 1. The largest absolute Gasteiger partial charge is 0.639 e. The van der Waals surface area contributed by atoms with Gasteiger partial charge in [0.25, 0.3) is 7.59 Å². The molecule has 2 aliphatic rings. The number of allylic oxidation sites excluding steroid dienone is 2. The molecule has 0 saturated heterocycles. The molecule has 5 aromatic rings. The van der Waals surface area contributed by atoms with Gasteiger partial charge in [-0.05, 0) is 30.0 Å². The summed E-state index contributed by atoms with van der Waals surface area (Å²) in [6.07, 6.45) is 2.33.